The summed E-state index contributed by atoms with van der Waals surface area (Å²) in [6.45, 7) is 4.60. The highest BCUT2D eigenvalue weighted by atomic mass is 35.5. The van der Waals surface area contributed by atoms with Gasteiger partial charge < -0.3 is 14.4 Å². The fraction of sp³-hybridized carbons (Fsp3) is 0.600. The summed E-state index contributed by atoms with van der Waals surface area (Å²) in [5.74, 6) is 6.35. The Labute approximate surface area is 191 Å². The van der Waals surface area contributed by atoms with Gasteiger partial charge in [-0.15, -0.1) is 18.3 Å². The van der Waals surface area contributed by atoms with Gasteiger partial charge in [0.15, 0.2) is 16.3 Å². The number of piperidine rings is 1. The van der Waals surface area contributed by atoms with Gasteiger partial charge in [-0.1, -0.05) is 17.7 Å². The fourth-order valence-corrected chi connectivity index (χ4v) is 4.24. The largest absolute Gasteiger partial charge is 0.468 e. The molecule has 0 N–H and O–H groups in total. The van der Waals surface area contributed by atoms with E-state index in [2.05, 4.69) is 21.7 Å². The number of rotatable bonds is 8. The first-order valence-corrected chi connectivity index (χ1v) is 10.9. The maximum Gasteiger partial charge on any atom is 0.316 e. The molecular weight excluding hydrogens is 442 g/mol. The van der Waals surface area contributed by atoms with Crippen molar-refractivity contribution in [1.29, 1.82) is 0 Å². The molecule has 11 heteroatoms. The summed E-state index contributed by atoms with van der Waals surface area (Å²) >= 11 is 1.16. The highest BCUT2D eigenvalue weighted by Crippen LogP contribution is 2.25. The van der Waals surface area contributed by atoms with Crippen molar-refractivity contribution in [3.63, 3.8) is 0 Å². The van der Waals surface area contributed by atoms with Crippen molar-refractivity contribution in [1.82, 2.24) is 19.1 Å². The van der Waals surface area contributed by atoms with Gasteiger partial charge in [-0.2, -0.15) is 4.98 Å². The van der Waals surface area contributed by atoms with Crippen molar-refractivity contribution in [2.45, 2.75) is 44.4 Å². The number of fused-ring (bicyclic) bond motifs is 1. The van der Waals surface area contributed by atoms with Crippen LogP contribution in [0.5, 0.6) is 0 Å². The number of nitrogens with zero attached hydrogens (tertiary/aromatic N) is 5. The Morgan fingerprint density at radius 3 is 2.55 bits per heavy atom. The first kappa shape index (κ1) is 25.0. The van der Waals surface area contributed by atoms with Gasteiger partial charge in [-0.25, -0.2) is 4.98 Å². The maximum absolute atomic E-state index is 13.5. The minimum atomic E-state index is -0.384. The smallest absolute Gasteiger partial charge is 0.316 e. The lowest BCUT2D eigenvalue weighted by Gasteiger charge is -2.27. The van der Waals surface area contributed by atoms with Crippen molar-refractivity contribution in [2.24, 2.45) is 0 Å². The van der Waals surface area contributed by atoms with E-state index >= 15 is 0 Å². The van der Waals surface area contributed by atoms with Crippen LogP contribution in [0.2, 0.25) is 0 Å². The molecule has 31 heavy (non-hydrogen) atoms. The molecule has 0 unspecified atom stereocenters. The minimum Gasteiger partial charge on any atom is -0.468 e. The lowest BCUT2D eigenvalue weighted by atomic mass is 10.1. The molecule has 9 nitrogen and oxygen atoms in total. The number of esters is 1. The molecule has 0 bridgehead atoms. The van der Waals surface area contributed by atoms with E-state index < -0.39 is 0 Å². The lowest BCUT2D eigenvalue weighted by molar-refractivity contribution is -0.137. The first-order chi connectivity index (χ1) is 14.6. The summed E-state index contributed by atoms with van der Waals surface area (Å²) < 4.78 is 13.3. The van der Waals surface area contributed by atoms with Crippen LogP contribution in [0.4, 0.5) is 5.95 Å². The third-order valence-corrected chi connectivity index (χ3v) is 5.88. The zero-order valence-corrected chi connectivity index (χ0v) is 19.7. The van der Waals surface area contributed by atoms with Crippen LogP contribution < -0.4 is 10.5 Å². The molecule has 0 amide bonds. The van der Waals surface area contributed by atoms with E-state index in [0.29, 0.717) is 36.0 Å². The molecule has 0 saturated carbocycles. The van der Waals surface area contributed by atoms with E-state index in [-0.39, 0.29) is 29.7 Å². The van der Waals surface area contributed by atoms with Crippen LogP contribution in [-0.2, 0) is 27.4 Å². The van der Waals surface area contributed by atoms with Gasteiger partial charge in [0.05, 0.1) is 32.6 Å². The average molecular weight is 470 g/mol. The van der Waals surface area contributed by atoms with Crippen LogP contribution in [0, 0.1) is 11.8 Å². The van der Waals surface area contributed by atoms with E-state index in [9.17, 15) is 9.59 Å². The van der Waals surface area contributed by atoms with Crippen LogP contribution in [0.3, 0.4) is 0 Å². The Kier molecular flexibility index (Phi) is 9.68. The van der Waals surface area contributed by atoms with E-state index in [1.807, 2.05) is 4.57 Å². The molecule has 170 valence electrons. The Morgan fingerprint density at radius 1 is 1.16 bits per heavy atom. The summed E-state index contributed by atoms with van der Waals surface area (Å²) in [6, 6.07) is 0. The number of carbonyl (C=O) groups excluding carboxylic acids is 1. The molecule has 0 radical (unpaired) electrons. The zero-order chi connectivity index (χ0) is 21.5. The summed E-state index contributed by atoms with van der Waals surface area (Å²) in [5, 5.41) is 0.423. The number of carbonyl (C=O) groups is 1. The summed E-state index contributed by atoms with van der Waals surface area (Å²) in [6.07, 6.45) is 3.38. The Bertz CT molecular complexity index is 1020. The average Bonchev–Trinajstić information content (AvgIpc) is 3.14. The number of ether oxygens (including phenoxy) is 2. The number of hydrogen-bond acceptors (Lipinski definition) is 8. The van der Waals surface area contributed by atoms with Gasteiger partial charge in [-0.05, 0) is 26.2 Å². The summed E-state index contributed by atoms with van der Waals surface area (Å²) in [5.41, 5.74) is 0.592. The Hall–Kier alpha value is -2.22. The topological polar surface area (TPSA) is 91.5 Å². The second-order valence-corrected chi connectivity index (χ2v) is 7.80. The number of methoxy groups -OCH3 is 2. The number of imidazole rings is 1. The predicted octanol–water partition coefficient (Wildman–Crippen LogP) is 1.94. The van der Waals surface area contributed by atoms with Crippen molar-refractivity contribution < 1.29 is 14.3 Å². The highest BCUT2D eigenvalue weighted by molar-refractivity contribution is 7.99. The number of halogens is 1. The van der Waals surface area contributed by atoms with Crippen molar-refractivity contribution in [2.75, 3.05) is 44.6 Å². The standard InChI is InChI=1S/C20H27N5O4S.ClH/c1-4-5-11-24-16-17(21-19(24)23-9-7-6-8-10-23)22-20(30-14-15(26)29-3)25(18(16)27)12-13-28-2;/h6-14H2,1-3H3;1H. The van der Waals surface area contributed by atoms with E-state index in [0.717, 1.165) is 43.6 Å². The van der Waals surface area contributed by atoms with E-state index in [1.54, 1.807) is 14.0 Å². The highest BCUT2D eigenvalue weighted by Gasteiger charge is 2.24. The van der Waals surface area contributed by atoms with Crippen molar-refractivity contribution in [3.8, 4) is 11.8 Å². The van der Waals surface area contributed by atoms with Crippen LogP contribution in [0.15, 0.2) is 9.95 Å². The molecule has 2 aromatic heterocycles. The van der Waals surface area contributed by atoms with Gasteiger partial charge in [0.2, 0.25) is 5.95 Å². The molecule has 1 aliphatic rings. The number of aromatic nitrogens is 4. The van der Waals surface area contributed by atoms with Gasteiger partial charge in [0.25, 0.3) is 5.56 Å². The Morgan fingerprint density at radius 2 is 1.90 bits per heavy atom. The number of anilines is 1. The van der Waals surface area contributed by atoms with Crippen LogP contribution in [0.1, 0.15) is 26.2 Å². The van der Waals surface area contributed by atoms with Crippen LogP contribution in [-0.4, -0.2) is 64.7 Å². The summed E-state index contributed by atoms with van der Waals surface area (Å²) in [7, 11) is 2.91. The third kappa shape index (κ3) is 5.73. The molecule has 0 spiro atoms. The SMILES string of the molecule is CC#CCn1c(N2CCCCC2)nc2nc(SCC(=O)OC)n(CCOC)c(=O)c21.Cl. The quantitative estimate of drug-likeness (QED) is 0.251. The van der Waals surface area contributed by atoms with Crippen molar-refractivity contribution in [3.05, 3.63) is 10.4 Å². The second kappa shape index (κ2) is 12.0. The molecule has 0 aliphatic carbocycles. The lowest BCUT2D eigenvalue weighted by Crippen LogP contribution is -2.32. The van der Waals surface area contributed by atoms with Gasteiger partial charge in [0.1, 0.15) is 0 Å². The van der Waals surface area contributed by atoms with E-state index in [4.69, 9.17) is 14.5 Å². The van der Waals surface area contributed by atoms with Crippen molar-refractivity contribution >= 4 is 47.3 Å². The predicted molar refractivity (Wildman–Crippen MR) is 123 cm³/mol. The zero-order valence-electron chi connectivity index (χ0n) is 18.0. The maximum atomic E-state index is 13.5. The second-order valence-electron chi connectivity index (χ2n) is 6.85. The molecule has 1 saturated heterocycles. The monoisotopic (exact) mass is 469 g/mol. The number of hydrogen-bond donors (Lipinski definition) is 0. The van der Waals surface area contributed by atoms with Gasteiger partial charge >= 0.3 is 5.97 Å². The van der Waals surface area contributed by atoms with Crippen LogP contribution in [0.25, 0.3) is 11.2 Å². The molecule has 1 aliphatic heterocycles. The van der Waals surface area contributed by atoms with Gasteiger partial charge in [-0.3, -0.25) is 18.7 Å². The fourth-order valence-electron chi connectivity index (χ4n) is 3.40. The third-order valence-electron chi connectivity index (χ3n) is 4.93. The normalized spacial score (nSPS) is 13.5. The molecule has 3 rings (SSSR count). The summed E-state index contributed by atoms with van der Waals surface area (Å²) in [4.78, 5) is 36.6. The van der Waals surface area contributed by atoms with E-state index in [1.165, 1.54) is 18.1 Å². The molecular formula is C20H28ClN5O4S. The van der Waals surface area contributed by atoms with Crippen LogP contribution >= 0.6 is 24.2 Å². The molecule has 0 aromatic carbocycles. The molecule has 3 heterocycles. The molecule has 2 aromatic rings. The van der Waals surface area contributed by atoms with Gasteiger partial charge in [0, 0.05) is 20.2 Å². The number of thioether (sulfide) groups is 1. The first-order valence-electron chi connectivity index (χ1n) is 9.94. The minimum absolute atomic E-state index is 0. The Balaban J connectivity index is 0.00000341. The molecule has 0 atom stereocenters. The molecule has 1 fully saturated rings.